The van der Waals surface area contributed by atoms with Crippen LogP contribution in [0.2, 0.25) is 0 Å². The summed E-state index contributed by atoms with van der Waals surface area (Å²) in [5.74, 6) is -0.0985. The van der Waals surface area contributed by atoms with Gasteiger partial charge in [0.2, 0.25) is 0 Å². The lowest BCUT2D eigenvalue weighted by Crippen LogP contribution is -2.33. The molecule has 1 saturated heterocycles. The third-order valence-electron chi connectivity index (χ3n) is 4.39. The standard InChI is InChI=1S/C14H17NO2/c1-15-6-5-14(8-12(14)9-15)11-4-2-3-10(7-11)13(16)17/h2-4,7,12H,5-6,8-9H2,1H3,(H,16,17). The first-order valence-electron chi connectivity index (χ1n) is 6.14. The molecular weight excluding hydrogens is 214 g/mol. The second-order valence-corrected chi connectivity index (χ2v) is 5.46. The summed E-state index contributed by atoms with van der Waals surface area (Å²) in [6.45, 7) is 2.27. The Labute approximate surface area is 101 Å². The van der Waals surface area contributed by atoms with E-state index in [1.165, 1.54) is 12.0 Å². The van der Waals surface area contributed by atoms with Gasteiger partial charge in [-0.25, -0.2) is 4.79 Å². The number of benzene rings is 1. The lowest BCUT2D eigenvalue weighted by Gasteiger charge is -2.29. The molecule has 0 aromatic heterocycles. The van der Waals surface area contributed by atoms with Gasteiger partial charge in [-0.2, -0.15) is 0 Å². The molecule has 2 unspecified atom stereocenters. The van der Waals surface area contributed by atoms with Crippen LogP contribution in [0.1, 0.15) is 28.8 Å². The average Bonchev–Trinajstić information content (AvgIpc) is 3.04. The first kappa shape index (κ1) is 10.8. The number of fused-ring (bicyclic) bond motifs is 1. The van der Waals surface area contributed by atoms with Crippen molar-refractivity contribution in [1.82, 2.24) is 4.90 Å². The van der Waals surface area contributed by atoms with E-state index in [4.69, 9.17) is 5.11 Å². The Bertz CT molecular complexity index is 471. The molecule has 0 bridgehead atoms. The molecule has 3 rings (SSSR count). The summed E-state index contributed by atoms with van der Waals surface area (Å²) in [5, 5.41) is 9.04. The highest BCUT2D eigenvalue weighted by Gasteiger charge is 2.56. The second-order valence-electron chi connectivity index (χ2n) is 5.46. The summed E-state index contributed by atoms with van der Waals surface area (Å²) in [6, 6.07) is 7.52. The number of piperidine rings is 1. The molecule has 3 nitrogen and oxygen atoms in total. The van der Waals surface area contributed by atoms with Crippen LogP contribution in [0.15, 0.2) is 24.3 Å². The molecule has 90 valence electrons. The molecule has 1 N–H and O–H groups in total. The fraction of sp³-hybridized carbons (Fsp3) is 0.500. The van der Waals surface area contributed by atoms with Gasteiger partial charge < -0.3 is 10.0 Å². The van der Waals surface area contributed by atoms with E-state index in [2.05, 4.69) is 18.0 Å². The van der Waals surface area contributed by atoms with Crippen molar-refractivity contribution in [3.63, 3.8) is 0 Å². The van der Waals surface area contributed by atoms with Crippen LogP contribution >= 0.6 is 0 Å². The average molecular weight is 231 g/mol. The fourth-order valence-corrected chi connectivity index (χ4v) is 3.24. The van der Waals surface area contributed by atoms with Crippen LogP contribution in [0.3, 0.4) is 0 Å². The molecule has 0 spiro atoms. The van der Waals surface area contributed by atoms with E-state index < -0.39 is 5.97 Å². The smallest absolute Gasteiger partial charge is 0.335 e. The van der Waals surface area contributed by atoms with Crippen molar-refractivity contribution in [1.29, 1.82) is 0 Å². The molecule has 17 heavy (non-hydrogen) atoms. The summed E-state index contributed by atoms with van der Waals surface area (Å²) in [7, 11) is 2.16. The van der Waals surface area contributed by atoms with Gasteiger partial charge in [0, 0.05) is 12.0 Å². The molecule has 1 aromatic carbocycles. The van der Waals surface area contributed by atoms with E-state index in [0.717, 1.165) is 25.4 Å². The van der Waals surface area contributed by atoms with Gasteiger partial charge in [0.25, 0.3) is 0 Å². The van der Waals surface area contributed by atoms with Crippen molar-refractivity contribution in [2.75, 3.05) is 20.1 Å². The van der Waals surface area contributed by atoms with Crippen LogP contribution in [-0.2, 0) is 5.41 Å². The number of likely N-dealkylation sites (tertiary alicyclic amines) is 1. The van der Waals surface area contributed by atoms with Crippen LogP contribution in [-0.4, -0.2) is 36.1 Å². The number of aromatic carboxylic acids is 1. The molecular formula is C14H17NO2. The van der Waals surface area contributed by atoms with Gasteiger partial charge in [-0.15, -0.1) is 0 Å². The maximum Gasteiger partial charge on any atom is 0.335 e. The van der Waals surface area contributed by atoms with Crippen LogP contribution in [0.4, 0.5) is 0 Å². The number of rotatable bonds is 2. The number of carboxylic acids is 1. The fourth-order valence-electron chi connectivity index (χ4n) is 3.24. The molecule has 2 atom stereocenters. The largest absolute Gasteiger partial charge is 0.478 e. The Kier molecular flexibility index (Phi) is 2.26. The highest BCUT2D eigenvalue weighted by atomic mass is 16.4. The van der Waals surface area contributed by atoms with E-state index in [1.807, 2.05) is 12.1 Å². The maximum absolute atomic E-state index is 11.0. The van der Waals surface area contributed by atoms with Crippen molar-refractivity contribution in [3.05, 3.63) is 35.4 Å². The van der Waals surface area contributed by atoms with Crippen LogP contribution in [0, 0.1) is 5.92 Å². The Morgan fingerprint density at radius 1 is 1.53 bits per heavy atom. The Morgan fingerprint density at radius 2 is 2.35 bits per heavy atom. The Hall–Kier alpha value is -1.35. The summed E-state index contributed by atoms with van der Waals surface area (Å²) in [5.41, 5.74) is 1.94. The predicted octanol–water partition coefficient (Wildman–Crippen LogP) is 1.98. The molecule has 1 aromatic rings. The molecule has 1 heterocycles. The number of hydrogen-bond acceptors (Lipinski definition) is 2. The lowest BCUT2D eigenvalue weighted by molar-refractivity contribution is 0.0696. The highest BCUT2D eigenvalue weighted by molar-refractivity contribution is 5.87. The minimum absolute atomic E-state index is 0.290. The van der Waals surface area contributed by atoms with Gasteiger partial charge >= 0.3 is 5.97 Å². The second kappa shape index (κ2) is 3.57. The van der Waals surface area contributed by atoms with E-state index in [9.17, 15) is 4.79 Å². The molecule has 1 aliphatic heterocycles. The number of carbonyl (C=O) groups is 1. The quantitative estimate of drug-likeness (QED) is 0.846. The third-order valence-corrected chi connectivity index (χ3v) is 4.39. The SMILES string of the molecule is CN1CCC2(c3cccc(C(=O)O)c3)CC2C1. The van der Waals surface area contributed by atoms with Crippen LogP contribution in [0.5, 0.6) is 0 Å². The minimum atomic E-state index is -0.826. The van der Waals surface area contributed by atoms with Gasteiger partial charge in [-0.1, -0.05) is 12.1 Å². The van der Waals surface area contributed by atoms with Gasteiger partial charge in [0.1, 0.15) is 0 Å². The van der Waals surface area contributed by atoms with E-state index in [1.54, 1.807) is 6.07 Å². The molecule has 3 heteroatoms. The Morgan fingerprint density at radius 3 is 3.06 bits per heavy atom. The number of hydrogen-bond donors (Lipinski definition) is 1. The lowest BCUT2D eigenvalue weighted by atomic mass is 9.86. The molecule has 0 amide bonds. The van der Waals surface area contributed by atoms with Crippen LogP contribution < -0.4 is 0 Å². The topological polar surface area (TPSA) is 40.5 Å². The highest BCUT2D eigenvalue weighted by Crippen LogP contribution is 2.58. The van der Waals surface area contributed by atoms with E-state index >= 15 is 0 Å². The van der Waals surface area contributed by atoms with Gasteiger partial charge in [-0.05, 0) is 50.0 Å². The Balaban J connectivity index is 1.91. The van der Waals surface area contributed by atoms with E-state index in [-0.39, 0.29) is 5.41 Å². The zero-order chi connectivity index (χ0) is 12.0. The molecule has 2 fully saturated rings. The molecule has 1 saturated carbocycles. The van der Waals surface area contributed by atoms with Crippen molar-refractivity contribution in [3.8, 4) is 0 Å². The zero-order valence-corrected chi connectivity index (χ0v) is 10.0. The minimum Gasteiger partial charge on any atom is -0.478 e. The zero-order valence-electron chi connectivity index (χ0n) is 10.0. The molecule has 1 aliphatic carbocycles. The summed E-state index contributed by atoms with van der Waals surface area (Å²) in [6.07, 6.45) is 2.39. The van der Waals surface area contributed by atoms with Crippen molar-refractivity contribution in [2.24, 2.45) is 5.92 Å². The number of carboxylic acid groups (broad SMARTS) is 1. The first-order chi connectivity index (χ1) is 8.12. The monoisotopic (exact) mass is 231 g/mol. The molecule has 2 aliphatic rings. The summed E-state index contributed by atoms with van der Waals surface area (Å²) < 4.78 is 0. The maximum atomic E-state index is 11.0. The van der Waals surface area contributed by atoms with Gasteiger partial charge in [0.05, 0.1) is 5.56 Å². The summed E-state index contributed by atoms with van der Waals surface area (Å²) >= 11 is 0. The van der Waals surface area contributed by atoms with Crippen molar-refractivity contribution >= 4 is 5.97 Å². The molecule has 0 radical (unpaired) electrons. The summed E-state index contributed by atoms with van der Waals surface area (Å²) in [4.78, 5) is 13.4. The first-order valence-corrected chi connectivity index (χ1v) is 6.14. The number of nitrogens with zero attached hydrogens (tertiary/aromatic N) is 1. The van der Waals surface area contributed by atoms with Crippen molar-refractivity contribution < 1.29 is 9.90 Å². The third kappa shape index (κ3) is 1.65. The van der Waals surface area contributed by atoms with Crippen molar-refractivity contribution in [2.45, 2.75) is 18.3 Å². The normalized spacial score (nSPS) is 31.9. The van der Waals surface area contributed by atoms with Gasteiger partial charge in [-0.3, -0.25) is 0 Å². The van der Waals surface area contributed by atoms with Gasteiger partial charge in [0.15, 0.2) is 0 Å². The van der Waals surface area contributed by atoms with Crippen LogP contribution in [0.25, 0.3) is 0 Å². The van der Waals surface area contributed by atoms with E-state index in [0.29, 0.717) is 5.56 Å². The predicted molar refractivity (Wildman–Crippen MR) is 65.3 cm³/mol.